The van der Waals surface area contributed by atoms with Gasteiger partial charge in [-0.05, 0) is 12.1 Å². The third kappa shape index (κ3) is 3.71. The lowest BCUT2D eigenvalue weighted by Gasteiger charge is -2.34. The van der Waals surface area contributed by atoms with E-state index in [-0.39, 0.29) is 12.1 Å². The summed E-state index contributed by atoms with van der Waals surface area (Å²) < 4.78 is 114. The molecule has 0 aliphatic carbocycles. The molecular weight excluding hydrogens is 370 g/mol. The molecule has 0 bridgehead atoms. The predicted molar refractivity (Wildman–Crippen MR) is 65.2 cm³/mol. The van der Waals surface area contributed by atoms with Gasteiger partial charge in [0.05, 0.1) is 18.2 Å². The van der Waals surface area contributed by atoms with Gasteiger partial charge in [-0.2, -0.15) is 26.3 Å². The summed E-state index contributed by atoms with van der Waals surface area (Å²) >= 11 is 0. The number of methoxy groups -OCH3 is 1. The maximum atomic E-state index is 14.0. The summed E-state index contributed by atoms with van der Waals surface area (Å²) in [4.78, 5) is 11.2. The molecule has 1 aliphatic heterocycles. The lowest BCUT2D eigenvalue weighted by Crippen LogP contribution is -2.50. The van der Waals surface area contributed by atoms with E-state index < -0.39 is 59.5 Å². The molecule has 1 aromatic carbocycles. The van der Waals surface area contributed by atoms with Crippen LogP contribution < -0.4 is 10.1 Å². The Morgan fingerprint density at radius 1 is 1.16 bits per heavy atom. The minimum absolute atomic E-state index is 0.155. The number of benzene rings is 1. The number of nitrogens with one attached hydrogen (secondary N) is 1. The Kier molecular flexibility index (Phi) is 4.51. The van der Waals surface area contributed by atoms with Gasteiger partial charge in [-0.3, -0.25) is 0 Å². The van der Waals surface area contributed by atoms with Crippen LogP contribution >= 0.6 is 0 Å². The SMILES string of the molecule is COc1cc(C(F)(F)F)cc(C(F)(F)F)c1[C@@H]1NC(=O)OCC1(F)F. The van der Waals surface area contributed by atoms with Gasteiger partial charge < -0.3 is 14.8 Å². The number of rotatable bonds is 2. The summed E-state index contributed by atoms with van der Waals surface area (Å²) in [6, 6.07) is -2.74. The molecule has 1 aliphatic rings. The van der Waals surface area contributed by atoms with Crippen LogP contribution in [0.1, 0.15) is 22.7 Å². The van der Waals surface area contributed by atoms with Crippen molar-refractivity contribution in [3.05, 3.63) is 28.8 Å². The van der Waals surface area contributed by atoms with Crippen molar-refractivity contribution in [2.24, 2.45) is 0 Å². The van der Waals surface area contributed by atoms with E-state index in [0.29, 0.717) is 0 Å². The van der Waals surface area contributed by atoms with Gasteiger partial charge in [0.1, 0.15) is 11.8 Å². The Balaban J connectivity index is 2.77. The highest BCUT2D eigenvalue weighted by molar-refractivity contribution is 5.70. The molecule has 0 radical (unpaired) electrons. The third-order valence-corrected chi connectivity index (χ3v) is 3.36. The Bertz CT molecular complexity index is 683. The number of hydrogen-bond acceptors (Lipinski definition) is 3. The van der Waals surface area contributed by atoms with Crippen LogP contribution in [-0.2, 0) is 17.1 Å². The van der Waals surface area contributed by atoms with E-state index in [4.69, 9.17) is 0 Å². The van der Waals surface area contributed by atoms with Crippen molar-refractivity contribution < 1.29 is 49.4 Å². The summed E-state index contributed by atoms with van der Waals surface area (Å²) in [5.74, 6) is -5.10. The van der Waals surface area contributed by atoms with E-state index >= 15 is 0 Å². The Hall–Kier alpha value is -2.27. The average molecular weight is 379 g/mol. The molecule has 1 amide bonds. The van der Waals surface area contributed by atoms with Crippen LogP contribution in [0.5, 0.6) is 5.75 Å². The first-order valence-electron chi connectivity index (χ1n) is 6.45. The van der Waals surface area contributed by atoms with Crippen molar-refractivity contribution in [2.75, 3.05) is 13.7 Å². The van der Waals surface area contributed by atoms with E-state index in [0.717, 1.165) is 7.11 Å². The van der Waals surface area contributed by atoms with Crippen LogP contribution in [0.25, 0.3) is 0 Å². The molecule has 1 fully saturated rings. The zero-order valence-corrected chi connectivity index (χ0v) is 12.2. The van der Waals surface area contributed by atoms with Crippen molar-refractivity contribution in [3.63, 3.8) is 0 Å². The van der Waals surface area contributed by atoms with E-state index in [2.05, 4.69) is 9.47 Å². The second-order valence-corrected chi connectivity index (χ2v) is 5.05. The standard InChI is InChI=1S/C13H9F8NO3/c1-24-7-3-5(12(16,17)18)2-6(13(19,20)21)8(7)9-11(14,15)4-25-10(23)22-9/h2-3,9H,4H2,1H3,(H,22,23)/t9-/m0/s1. The normalized spacial score (nSPS) is 20.7. The van der Waals surface area contributed by atoms with Crippen LogP contribution in [0.2, 0.25) is 0 Å². The highest BCUT2D eigenvalue weighted by Crippen LogP contribution is 2.47. The number of alkyl halides is 8. The molecule has 1 aromatic rings. The fourth-order valence-electron chi connectivity index (χ4n) is 2.29. The molecule has 1 N–H and O–H groups in total. The molecular formula is C13H9F8NO3. The molecule has 1 atom stereocenters. The van der Waals surface area contributed by atoms with E-state index in [9.17, 15) is 39.9 Å². The van der Waals surface area contributed by atoms with Crippen molar-refractivity contribution in [2.45, 2.75) is 24.3 Å². The van der Waals surface area contributed by atoms with E-state index in [1.54, 1.807) is 0 Å². The summed E-state index contributed by atoms with van der Waals surface area (Å²) in [5, 5.41) is 1.50. The first-order chi connectivity index (χ1) is 11.3. The van der Waals surface area contributed by atoms with E-state index in [1.807, 2.05) is 0 Å². The number of carbonyl (C=O) groups excluding carboxylic acids is 1. The quantitative estimate of drug-likeness (QED) is 0.786. The van der Waals surface area contributed by atoms with Gasteiger partial charge in [-0.25, -0.2) is 13.6 Å². The molecule has 0 spiro atoms. The molecule has 0 unspecified atom stereocenters. The molecule has 4 nitrogen and oxygen atoms in total. The molecule has 1 saturated heterocycles. The number of hydrogen-bond donors (Lipinski definition) is 1. The van der Waals surface area contributed by atoms with Gasteiger partial charge in [0.15, 0.2) is 6.61 Å². The number of cyclic esters (lactones) is 1. The zero-order valence-electron chi connectivity index (χ0n) is 12.2. The first kappa shape index (κ1) is 19.1. The first-order valence-corrected chi connectivity index (χ1v) is 6.45. The van der Waals surface area contributed by atoms with Crippen molar-refractivity contribution >= 4 is 6.09 Å². The highest BCUT2D eigenvalue weighted by atomic mass is 19.4. The summed E-state index contributed by atoms with van der Waals surface area (Å²) in [7, 11) is 0.721. The van der Waals surface area contributed by atoms with Crippen molar-refractivity contribution in [1.29, 1.82) is 0 Å². The second kappa shape index (κ2) is 5.92. The van der Waals surface area contributed by atoms with Gasteiger partial charge in [-0.1, -0.05) is 0 Å². The minimum atomic E-state index is -5.41. The lowest BCUT2D eigenvalue weighted by molar-refractivity contribution is -0.146. The Morgan fingerprint density at radius 2 is 1.76 bits per heavy atom. The van der Waals surface area contributed by atoms with Gasteiger partial charge in [0, 0.05) is 5.56 Å². The number of amides is 1. The van der Waals surface area contributed by atoms with Crippen LogP contribution in [0.15, 0.2) is 12.1 Å². The van der Waals surface area contributed by atoms with Gasteiger partial charge in [0.25, 0.3) is 0 Å². The van der Waals surface area contributed by atoms with Crippen molar-refractivity contribution in [1.82, 2.24) is 5.32 Å². The maximum absolute atomic E-state index is 14.0. The van der Waals surface area contributed by atoms with Crippen LogP contribution in [0, 0.1) is 0 Å². The van der Waals surface area contributed by atoms with Gasteiger partial charge in [-0.15, -0.1) is 0 Å². The molecule has 1 heterocycles. The minimum Gasteiger partial charge on any atom is -0.496 e. The number of alkyl carbamates (subject to hydrolysis) is 1. The van der Waals surface area contributed by atoms with Crippen LogP contribution in [0.3, 0.4) is 0 Å². The molecule has 0 aromatic heterocycles. The molecule has 25 heavy (non-hydrogen) atoms. The molecule has 12 heteroatoms. The average Bonchev–Trinajstić information content (AvgIpc) is 2.46. The largest absolute Gasteiger partial charge is 0.496 e. The Labute approximate surface area is 134 Å². The topological polar surface area (TPSA) is 47.6 Å². The summed E-state index contributed by atoms with van der Waals surface area (Å²) in [6.07, 6.45) is -12.0. The number of carbonyl (C=O) groups is 1. The number of halogens is 8. The smallest absolute Gasteiger partial charge is 0.416 e. The number of ether oxygens (including phenoxy) is 2. The summed E-state index contributed by atoms with van der Waals surface area (Å²) in [6.45, 7) is -1.54. The fraction of sp³-hybridized carbons (Fsp3) is 0.462. The summed E-state index contributed by atoms with van der Waals surface area (Å²) in [5.41, 5.74) is -5.04. The van der Waals surface area contributed by atoms with Crippen molar-refractivity contribution in [3.8, 4) is 5.75 Å². The van der Waals surface area contributed by atoms with Gasteiger partial charge in [0.2, 0.25) is 0 Å². The molecule has 0 saturated carbocycles. The molecule has 2 rings (SSSR count). The predicted octanol–water partition coefficient (Wildman–Crippen LogP) is 4.15. The second-order valence-electron chi connectivity index (χ2n) is 5.05. The maximum Gasteiger partial charge on any atom is 0.416 e. The Morgan fingerprint density at radius 3 is 2.24 bits per heavy atom. The van der Waals surface area contributed by atoms with Gasteiger partial charge >= 0.3 is 24.4 Å². The fourth-order valence-corrected chi connectivity index (χ4v) is 2.29. The highest BCUT2D eigenvalue weighted by Gasteiger charge is 2.52. The molecule has 140 valence electrons. The third-order valence-electron chi connectivity index (χ3n) is 3.36. The lowest BCUT2D eigenvalue weighted by atomic mass is 9.91. The van der Waals surface area contributed by atoms with Crippen LogP contribution in [0.4, 0.5) is 39.9 Å². The van der Waals surface area contributed by atoms with E-state index in [1.165, 1.54) is 5.32 Å². The monoisotopic (exact) mass is 379 g/mol. The van der Waals surface area contributed by atoms with Crippen LogP contribution in [-0.4, -0.2) is 25.7 Å². The zero-order chi connectivity index (χ0) is 19.2.